The molecule has 21 aromatic carbocycles. The number of hydrogen-bond acceptors (Lipinski definition) is 3. The summed E-state index contributed by atoms with van der Waals surface area (Å²) in [4.78, 5) is 7.43. The minimum absolute atomic E-state index is 0.00397. The van der Waals surface area contributed by atoms with Crippen molar-refractivity contribution in [2.75, 3.05) is 14.7 Å². The molecule has 0 heterocycles. The number of nitrogens with zero attached hydrogens (tertiary/aromatic N) is 3. The maximum atomic E-state index is 2.55. The molecule has 738 valence electrons. The topological polar surface area (TPSA) is 9.72 Å². The molecule has 0 N–H and O–H groups in total. The number of para-hydroxylation sites is 3. The van der Waals surface area contributed by atoms with Gasteiger partial charge in [-0.05, 0) is 363 Å². The summed E-state index contributed by atoms with van der Waals surface area (Å²) in [6, 6.07) is 157. The molecular weight excluding hydrogens is 1810 g/mol. The third-order valence-corrected chi connectivity index (χ3v) is 39.7. The molecule has 3 nitrogen and oxygen atoms in total. The van der Waals surface area contributed by atoms with Gasteiger partial charge in [-0.1, -0.05) is 450 Å². The van der Waals surface area contributed by atoms with Crippen LogP contribution in [0.2, 0.25) is 0 Å². The molecule has 0 bridgehead atoms. The van der Waals surface area contributed by atoms with Gasteiger partial charge in [0, 0.05) is 56.0 Å². The highest BCUT2D eigenvalue weighted by Gasteiger charge is 2.53. The predicted molar refractivity (Wildman–Crippen MR) is 643 cm³/mol. The average molecular weight is 1940 g/mol. The van der Waals surface area contributed by atoms with Crippen LogP contribution in [0.25, 0.3) is 131 Å². The van der Waals surface area contributed by atoms with E-state index in [0.29, 0.717) is 0 Å². The number of anilines is 9. The molecule has 0 saturated carbocycles. The summed E-state index contributed by atoms with van der Waals surface area (Å²) in [5, 5.41) is 15.4. The van der Waals surface area contributed by atoms with E-state index < -0.39 is 0 Å². The fraction of sp³-hybridized carbons (Fsp3) is 0.224. The van der Waals surface area contributed by atoms with E-state index in [1.54, 1.807) is 0 Å². The van der Waals surface area contributed by atoms with E-state index in [0.717, 1.165) is 22.7 Å². The SMILES string of the molecule is CC1(C)c2ccccc2-c2ccc(N(c3ccccc3)c3cc4c(c5ccc6ccccc6c35)-c3ccccc3C(C)(C)C4(C)C)cc2C1(C)C.CC1(C)c2ccccc2-c2ccc(N(c3ccccc3)c3ccc4c(ccc5cc6c(cc54)C(C)(C)C(C)(C)c4ccccc4-6)c3)cc21.CC1(C)c2ccccc2-c2ccc(N(c3ccccc3)c3cccc4c3ccc3cc5c(cc34)C(C)(C)C(C)(C)c3ccccc3-5)cc2C1(C)C. The predicted octanol–water partition coefficient (Wildman–Crippen LogP) is 40.9. The molecule has 150 heavy (non-hydrogen) atoms. The molecule has 0 amide bonds. The van der Waals surface area contributed by atoms with Gasteiger partial charge in [-0.15, -0.1) is 0 Å². The van der Waals surface area contributed by atoms with E-state index in [1.165, 1.54) is 227 Å². The molecule has 3 heteroatoms. The molecule has 6 aliphatic rings. The van der Waals surface area contributed by atoms with Gasteiger partial charge < -0.3 is 14.7 Å². The van der Waals surface area contributed by atoms with Gasteiger partial charge in [0.2, 0.25) is 0 Å². The quantitative estimate of drug-likeness (QED) is 0.133. The van der Waals surface area contributed by atoms with Crippen LogP contribution in [0.5, 0.6) is 0 Å². The number of hydrogen-bond donors (Lipinski definition) is 0. The Hall–Kier alpha value is -15.4. The molecule has 0 atom stereocenters. The molecule has 6 aliphatic carbocycles. The van der Waals surface area contributed by atoms with Crippen LogP contribution in [0, 0.1) is 0 Å². The number of rotatable bonds is 9. The highest BCUT2D eigenvalue weighted by Crippen LogP contribution is 2.65. The normalized spacial score (nSPS) is 16.9. The standard InChI is InChI=1S/2C50H47N.C47H41N/c1-47(2)42-22-14-12-19-36(42)38-28-26-34(30-44(38)49(47,5)6)51(33-17-10-9-11-18-33)46-24-16-21-35-39(46)27-25-32-29-41-37-20-13-15-23-43(37)48(3,4)50(7,8)45(41)31-40(32)35;1-47(2)40-24-16-14-22-36(40)37-29-27-34(30-42(37)49(47,5)6)51(33-19-10-9-11-20-33)44-31-43-45(39-28-26-32-18-12-13-21-35(32)46(39)44)38-23-15-17-25-41(38)48(3,4)50(43,7)8;1-45(2)41-18-12-10-16-36(41)38-25-23-34(28-43(38)45)48(32-14-8-7-9-15-32)33-22-24-35-30(26-33)20-21-31-27-40-37-17-11-13-19-42(37)46(3,4)47(5,6)44(40)29-39(31)35/h2*9-31H,1-8H3;7-29H,1-6H3. The van der Waals surface area contributed by atoms with Gasteiger partial charge in [-0.2, -0.15) is 0 Å². The second-order valence-electron chi connectivity index (χ2n) is 49.5. The number of benzene rings is 21. The maximum Gasteiger partial charge on any atom is 0.0549 e. The van der Waals surface area contributed by atoms with Crippen molar-refractivity contribution in [3.63, 3.8) is 0 Å². The molecule has 0 aliphatic heterocycles. The Bertz CT molecular complexity index is 9160. The van der Waals surface area contributed by atoms with Gasteiger partial charge in [-0.3, -0.25) is 0 Å². The first-order valence-electron chi connectivity index (χ1n) is 54.4. The molecule has 21 aromatic rings. The van der Waals surface area contributed by atoms with Crippen molar-refractivity contribution in [2.24, 2.45) is 0 Å². The van der Waals surface area contributed by atoms with Crippen LogP contribution in [0.15, 0.2) is 419 Å². The third kappa shape index (κ3) is 13.8. The second-order valence-corrected chi connectivity index (χ2v) is 49.5. The maximum absolute atomic E-state index is 2.55. The third-order valence-electron chi connectivity index (χ3n) is 39.7. The van der Waals surface area contributed by atoms with Crippen molar-refractivity contribution in [2.45, 2.75) is 212 Å². The summed E-state index contributed by atoms with van der Waals surface area (Å²) in [5.41, 5.74) is 43.2. The summed E-state index contributed by atoms with van der Waals surface area (Å²) in [5.74, 6) is 0. The zero-order valence-electron chi connectivity index (χ0n) is 91.2. The van der Waals surface area contributed by atoms with Crippen LogP contribution < -0.4 is 14.7 Å². The molecule has 0 radical (unpaired) electrons. The Morgan fingerprint density at radius 3 is 0.900 bits per heavy atom. The Kier molecular flexibility index (Phi) is 21.5. The lowest BCUT2D eigenvalue weighted by molar-refractivity contribution is 0.299. The van der Waals surface area contributed by atoms with Gasteiger partial charge in [0.15, 0.2) is 0 Å². The smallest absolute Gasteiger partial charge is 0.0549 e. The average Bonchev–Trinajstić information content (AvgIpc) is 0.771. The molecule has 0 spiro atoms. The van der Waals surface area contributed by atoms with Gasteiger partial charge in [0.05, 0.1) is 11.4 Å². The van der Waals surface area contributed by atoms with Crippen molar-refractivity contribution in [1.29, 1.82) is 0 Å². The molecule has 0 fully saturated rings. The largest absolute Gasteiger partial charge is 0.310 e. The Labute approximate surface area is 888 Å². The highest BCUT2D eigenvalue weighted by molar-refractivity contribution is 6.21. The lowest BCUT2D eigenvalue weighted by atomic mass is 9.55. The van der Waals surface area contributed by atoms with Crippen molar-refractivity contribution in [3.05, 3.63) is 485 Å². The highest BCUT2D eigenvalue weighted by atomic mass is 15.2. The fourth-order valence-electron chi connectivity index (χ4n) is 27.6. The van der Waals surface area contributed by atoms with E-state index in [4.69, 9.17) is 0 Å². The summed E-state index contributed by atoms with van der Waals surface area (Å²) in [6.45, 7) is 53.2. The minimum Gasteiger partial charge on any atom is -0.310 e. The van der Waals surface area contributed by atoms with Gasteiger partial charge in [-0.25, -0.2) is 0 Å². The van der Waals surface area contributed by atoms with Crippen LogP contribution >= 0.6 is 0 Å². The first-order valence-corrected chi connectivity index (χ1v) is 54.4. The Morgan fingerprint density at radius 2 is 0.427 bits per heavy atom. The summed E-state index contributed by atoms with van der Waals surface area (Å²) in [6.07, 6.45) is 0. The van der Waals surface area contributed by atoms with E-state index >= 15 is 0 Å². The monoisotopic (exact) mass is 1940 g/mol. The van der Waals surface area contributed by atoms with Crippen LogP contribution in [0.3, 0.4) is 0 Å². The zero-order valence-corrected chi connectivity index (χ0v) is 91.2. The van der Waals surface area contributed by atoms with Crippen LogP contribution in [-0.4, -0.2) is 0 Å². The van der Waals surface area contributed by atoms with Crippen LogP contribution in [-0.2, 0) is 59.6 Å². The minimum atomic E-state index is -0.140. The van der Waals surface area contributed by atoms with Gasteiger partial charge in [0.25, 0.3) is 0 Å². The summed E-state index contributed by atoms with van der Waals surface area (Å²) < 4.78 is 0. The fourth-order valence-corrected chi connectivity index (χ4v) is 27.6. The first kappa shape index (κ1) is 95.5. The van der Waals surface area contributed by atoms with Crippen molar-refractivity contribution >= 4 is 116 Å². The van der Waals surface area contributed by atoms with E-state index in [1.807, 2.05) is 0 Å². The zero-order chi connectivity index (χ0) is 104. The van der Waals surface area contributed by atoms with E-state index in [-0.39, 0.29) is 59.6 Å². The molecule has 0 aromatic heterocycles. The van der Waals surface area contributed by atoms with Gasteiger partial charge in [0.1, 0.15) is 0 Å². The second kappa shape index (κ2) is 33.8. The Morgan fingerprint density at radius 1 is 0.133 bits per heavy atom. The molecular formula is C147H135N3. The summed E-state index contributed by atoms with van der Waals surface area (Å²) in [7, 11) is 0. The number of fused-ring (bicyclic) bond motifs is 28. The lowest BCUT2D eigenvalue weighted by Gasteiger charge is -2.49. The van der Waals surface area contributed by atoms with Crippen molar-refractivity contribution in [1.82, 2.24) is 0 Å². The van der Waals surface area contributed by atoms with Gasteiger partial charge >= 0.3 is 0 Å². The first-order chi connectivity index (χ1) is 71.8. The molecule has 0 saturated heterocycles. The van der Waals surface area contributed by atoms with Crippen LogP contribution in [0.1, 0.15) is 219 Å². The van der Waals surface area contributed by atoms with Crippen LogP contribution in [0.4, 0.5) is 51.2 Å². The molecule has 27 rings (SSSR count). The van der Waals surface area contributed by atoms with E-state index in [9.17, 15) is 0 Å². The molecule has 0 unspecified atom stereocenters. The summed E-state index contributed by atoms with van der Waals surface area (Å²) >= 11 is 0. The Balaban J connectivity index is 0.000000117. The van der Waals surface area contributed by atoms with Crippen molar-refractivity contribution in [3.8, 4) is 66.8 Å². The van der Waals surface area contributed by atoms with Crippen molar-refractivity contribution < 1.29 is 0 Å². The van der Waals surface area contributed by atoms with E-state index in [2.05, 4.69) is 586 Å². The lowest BCUT2D eigenvalue weighted by Crippen LogP contribution is -2.43.